The van der Waals surface area contributed by atoms with Crippen molar-refractivity contribution in [2.75, 3.05) is 28.4 Å². The predicted octanol–water partition coefficient (Wildman–Crippen LogP) is 3.74. The van der Waals surface area contributed by atoms with Gasteiger partial charge in [-0.3, -0.25) is 14.6 Å². The second-order valence-corrected chi connectivity index (χ2v) is 7.91. The Morgan fingerprint density at radius 1 is 0.889 bits per heavy atom. The third kappa shape index (κ3) is 4.31. The number of Topliss-reactive ketones (excluding diaryl/α,β-unsaturated/α-hetero) is 1. The van der Waals surface area contributed by atoms with Gasteiger partial charge < -0.3 is 29.0 Å². The lowest BCUT2D eigenvalue weighted by atomic mass is 9.94. The van der Waals surface area contributed by atoms with Crippen LogP contribution in [0.25, 0.3) is 5.76 Å². The Morgan fingerprint density at radius 2 is 1.53 bits per heavy atom. The van der Waals surface area contributed by atoms with Crippen LogP contribution in [0.1, 0.15) is 22.9 Å². The Bertz CT molecular complexity index is 1300. The molecule has 1 aromatic heterocycles. The number of methoxy groups -OCH3 is 4. The number of hydrogen-bond acceptors (Lipinski definition) is 8. The van der Waals surface area contributed by atoms with Crippen LogP contribution in [-0.4, -0.2) is 55.1 Å². The highest BCUT2D eigenvalue weighted by atomic mass is 16.5. The SMILES string of the molecule is COc1ccccc1/C(O)=C1\C(=O)C(=O)N(Cc2ccccn2)C1c1cc(OC)c(OC)c(OC)c1. The van der Waals surface area contributed by atoms with Gasteiger partial charge in [0.05, 0.1) is 57.9 Å². The Balaban J connectivity index is 1.97. The molecule has 4 rings (SSSR count). The fourth-order valence-corrected chi connectivity index (χ4v) is 4.30. The molecule has 1 atom stereocenters. The van der Waals surface area contributed by atoms with Crippen LogP contribution in [0.2, 0.25) is 0 Å². The lowest BCUT2D eigenvalue weighted by Crippen LogP contribution is -2.29. The lowest BCUT2D eigenvalue weighted by molar-refractivity contribution is -0.140. The Labute approximate surface area is 208 Å². The van der Waals surface area contributed by atoms with Gasteiger partial charge in [-0.1, -0.05) is 18.2 Å². The van der Waals surface area contributed by atoms with E-state index >= 15 is 0 Å². The van der Waals surface area contributed by atoms with Crippen molar-refractivity contribution in [1.82, 2.24) is 9.88 Å². The summed E-state index contributed by atoms with van der Waals surface area (Å²) in [5, 5.41) is 11.4. The standard InChI is InChI=1S/C27H26N2O7/c1-33-19-11-6-5-10-18(19)24(30)22-23(16-13-20(34-2)26(36-4)21(14-16)35-3)29(27(32)25(22)31)15-17-9-7-8-12-28-17/h5-14,23,30H,15H2,1-4H3/b24-22+. The van der Waals surface area contributed by atoms with E-state index in [1.807, 2.05) is 0 Å². The highest BCUT2D eigenvalue weighted by Crippen LogP contribution is 2.46. The van der Waals surface area contributed by atoms with Crippen LogP contribution >= 0.6 is 0 Å². The molecule has 1 amide bonds. The molecule has 0 radical (unpaired) electrons. The number of ether oxygens (including phenoxy) is 4. The number of ketones is 1. The normalized spacial score (nSPS) is 16.7. The van der Waals surface area contributed by atoms with Gasteiger partial charge in [-0.15, -0.1) is 0 Å². The van der Waals surface area contributed by atoms with Crippen molar-refractivity contribution in [3.63, 3.8) is 0 Å². The molecule has 9 heteroatoms. The van der Waals surface area contributed by atoms with Crippen molar-refractivity contribution in [1.29, 1.82) is 0 Å². The van der Waals surface area contributed by atoms with Crippen LogP contribution in [-0.2, 0) is 16.1 Å². The average Bonchev–Trinajstić information content (AvgIpc) is 3.17. The van der Waals surface area contributed by atoms with Gasteiger partial charge in [0, 0.05) is 6.20 Å². The number of aromatic nitrogens is 1. The number of benzene rings is 2. The fourth-order valence-electron chi connectivity index (χ4n) is 4.30. The molecule has 0 saturated carbocycles. The quantitative estimate of drug-likeness (QED) is 0.289. The molecule has 1 fully saturated rings. The number of hydrogen-bond donors (Lipinski definition) is 1. The number of carbonyl (C=O) groups excluding carboxylic acids is 2. The second-order valence-electron chi connectivity index (χ2n) is 7.91. The van der Waals surface area contributed by atoms with Crippen LogP contribution in [0.4, 0.5) is 0 Å². The van der Waals surface area contributed by atoms with Gasteiger partial charge in [-0.05, 0) is 42.0 Å². The predicted molar refractivity (Wildman–Crippen MR) is 131 cm³/mol. The summed E-state index contributed by atoms with van der Waals surface area (Å²) in [7, 11) is 5.89. The van der Waals surface area contributed by atoms with Crippen molar-refractivity contribution in [3.8, 4) is 23.0 Å². The number of nitrogens with zero attached hydrogens (tertiary/aromatic N) is 2. The van der Waals surface area contributed by atoms with E-state index in [-0.39, 0.29) is 23.4 Å². The maximum atomic E-state index is 13.4. The molecular weight excluding hydrogens is 464 g/mol. The molecule has 36 heavy (non-hydrogen) atoms. The van der Waals surface area contributed by atoms with E-state index in [4.69, 9.17) is 18.9 Å². The highest BCUT2D eigenvalue weighted by molar-refractivity contribution is 6.46. The molecule has 1 aliphatic heterocycles. The summed E-state index contributed by atoms with van der Waals surface area (Å²) in [5.74, 6) is -0.554. The van der Waals surface area contributed by atoms with E-state index in [9.17, 15) is 14.7 Å². The van der Waals surface area contributed by atoms with E-state index < -0.39 is 17.7 Å². The van der Waals surface area contributed by atoms with Gasteiger partial charge in [0.2, 0.25) is 5.75 Å². The minimum absolute atomic E-state index is 0.0371. The first-order valence-corrected chi connectivity index (χ1v) is 11.1. The molecule has 3 aromatic rings. The summed E-state index contributed by atoms with van der Waals surface area (Å²) >= 11 is 0. The maximum absolute atomic E-state index is 13.4. The van der Waals surface area contributed by atoms with Gasteiger partial charge in [0.15, 0.2) is 11.5 Å². The molecule has 2 aromatic carbocycles. The third-order valence-corrected chi connectivity index (χ3v) is 5.96. The highest BCUT2D eigenvalue weighted by Gasteiger charge is 2.47. The number of pyridine rings is 1. The molecule has 186 valence electrons. The van der Waals surface area contributed by atoms with Crippen molar-refractivity contribution >= 4 is 17.4 Å². The minimum Gasteiger partial charge on any atom is -0.507 e. The molecule has 9 nitrogen and oxygen atoms in total. The summed E-state index contributed by atoms with van der Waals surface area (Å²) in [4.78, 5) is 32.4. The van der Waals surface area contributed by atoms with Crippen LogP contribution in [0, 0.1) is 0 Å². The van der Waals surface area contributed by atoms with Gasteiger partial charge in [-0.2, -0.15) is 0 Å². The number of para-hydroxylation sites is 1. The van der Waals surface area contributed by atoms with E-state index in [0.29, 0.717) is 34.3 Å². The summed E-state index contributed by atoms with van der Waals surface area (Å²) in [6.07, 6.45) is 1.61. The summed E-state index contributed by atoms with van der Waals surface area (Å²) in [6, 6.07) is 14.4. The second kappa shape index (κ2) is 10.4. The Kier molecular flexibility index (Phi) is 7.10. The van der Waals surface area contributed by atoms with Crippen LogP contribution < -0.4 is 18.9 Å². The topological polar surface area (TPSA) is 107 Å². The molecular formula is C27H26N2O7. The van der Waals surface area contributed by atoms with Crippen molar-refractivity contribution in [2.45, 2.75) is 12.6 Å². The summed E-state index contributed by atoms with van der Waals surface area (Å²) in [5.41, 5.74) is 1.26. The van der Waals surface area contributed by atoms with Crippen LogP contribution in [0.3, 0.4) is 0 Å². The lowest BCUT2D eigenvalue weighted by Gasteiger charge is -2.26. The average molecular weight is 491 g/mol. The first kappa shape index (κ1) is 24.6. The first-order chi connectivity index (χ1) is 17.4. The maximum Gasteiger partial charge on any atom is 0.296 e. The number of amides is 1. The zero-order valence-corrected chi connectivity index (χ0v) is 20.3. The van der Waals surface area contributed by atoms with E-state index in [0.717, 1.165) is 0 Å². The Morgan fingerprint density at radius 3 is 2.11 bits per heavy atom. The summed E-state index contributed by atoms with van der Waals surface area (Å²) < 4.78 is 21.8. The number of aliphatic hydroxyl groups is 1. The van der Waals surface area contributed by atoms with Gasteiger partial charge in [-0.25, -0.2) is 0 Å². The monoisotopic (exact) mass is 490 g/mol. The van der Waals surface area contributed by atoms with Crippen molar-refractivity contribution in [3.05, 3.63) is 83.2 Å². The molecule has 0 spiro atoms. The minimum atomic E-state index is -0.967. The van der Waals surface area contributed by atoms with E-state index in [2.05, 4.69) is 4.98 Å². The molecule has 1 aliphatic rings. The van der Waals surface area contributed by atoms with Gasteiger partial charge in [0.25, 0.3) is 11.7 Å². The zero-order chi connectivity index (χ0) is 25.8. The smallest absolute Gasteiger partial charge is 0.296 e. The van der Waals surface area contributed by atoms with Crippen molar-refractivity contribution in [2.24, 2.45) is 0 Å². The molecule has 1 saturated heterocycles. The third-order valence-electron chi connectivity index (χ3n) is 5.96. The largest absolute Gasteiger partial charge is 0.507 e. The summed E-state index contributed by atoms with van der Waals surface area (Å²) in [6.45, 7) is 0.0371. The molecule has 1 unspecified atom stereocenters. The van der Waals surface area contributed by atoms with Crippen molar-refractivity contribution < 1.29 is 33.6 Å². The first-order valence-electron chi connectivity index (χ1n) is 11.1. The zero-order valence-electron chi connectivity index (χ0n) is 20.3. The van der Waals surface area contributed by atoms with Crippen LogP contribution in [0.5, 0.6) is 23.0 Å². The van der Waals surface area contributed by atoms with Gasteiger partial charge in [0.1, 0.15) is 11.5 Å². The number of likely N-dealkylation sites (tertiary alicyclic amines) is 1. The van der Waals surface area contributed by atoms with Gasteiger partial charge >= 0.3 is 0 Å². The fraction of sp³-hybridized carbons (Fsp3) is 0.222. The van der Waals surface area contributed by atoms with E-state index in [1.54, 1.807) is 60.8 Å². The molecule has 0 bridgehead atoms. The Hall–Kier alpha value is -4.53. The number of carbonyl (C=O) groups is 2. The number of aliphatic hydroxyl groups excluding tert-OH is 1. The van der Waals surface area contributed by atoms with E-state index in [1.165, 1.54) is 33.3 Å². The molecule has 2 heterocycles. The number of rotatable bonds is 8. The molecule has 1 N–H and O–H groups in total. The van der Waals surface area contributed by atoms with Crippen LogP contribution in [0.15, 0.2) is 66.4 Å². The molecule has 0 aliphatic carbocycles.